The average Bonchev–Trinajstić information content (AvgIpc) is 2.91. The Morgan fingerprint density at radius 3 is 2.30 bits per heavy atom. The van der Waals surface area contributed by atoms with E-state index < -0.39 is 20.9 Å². The Balaban J connectivity index is 2.02. The van der Waals surface area contributed by atoms with Crippen molar-refractivity contribution < 1.29 is 9.59 Å². The van der Waals surface area contributed by atoms with E-state index in [0.717, 1.165) is 0 Å². The Morgan fingerprint density at radius 2 is 1.74 bits per heavy atom. The first-order valence-corrected chi connectivity index (χ1v) is 11.7. The molecular weight excluding hydrogens is 474 g/mol. The first-order chi connectivity index (χ1) is 12.8. The number of carbonyl (C=O) groups is 2. The molecule has 1 aromatic carbocycles. The van der Waals surface area contributed by atoms with Gasteiger partial charge in [0.25, 0.3) is 0 Å². The quantitative estimate of drug-likeness (QED) is 0.277. The number of fused-ring (bicyclic) bond motifs is 1. The van der Waals surface area contributed by atoms with Gasteiger partial charge in [0.05, 0.1) is 0 Å². The van der Waals surface area contributed by atoms with Crippen LogP contribution in [0.2, 0.25) is 0 Å². The number of aryl methyl sites for hydroxylation is 1. The summed E-state index contributed by atoms with van der Waals surface area (Å²) in [6, 6.07) is 6.52. The molecule has 2 heterocycles. The van der Waals surface area contributed by atoms with Crippen LogP contribution in [0.3, 0.4) is 0 Å². The molecule has 142 valence electrons. The van der Waals surface area contributed by atoms with Crippen LogP contribution in [0.15, 0.2) is 39.2 Å². The summed E-state index contributed by atoms with van der Waals surface area (Å²) in [6.45, 7) is 8.58. The summed E-state index contributed by atoms with van der Waals surface area (Å²) in [5.74, 6) is -0.581. The molecule has 7 heteroatoms. The maximum atomic E-state index is 12.9. The van der Waals surface area contributed by atoms with Crippen LogP contribution in [0.1, 0.15) is 26.3 Å². The number of nitrogens with zero attached hydrogens (tertiary/aromatic N) is 3. The molecule has 2 aliphatic heterocycles. The summed E-state index contributed by atoms with van der Waals surface area (Å²) in [5.41, 5.74) is 3.40. The first kappa shape index (κ1) is 20.1. The third kappa shape index (κ3) is 3.44. The number of benzene rings is 1. The van der Waals surface area contributed by atoms with Crippen molar-refractivity contribution in [1.29, 1.82) is 0 Å². The Morgan fingerprint density at radius 1 is 1.15 bits per heavy atom. The second kappa shape index (κ2) is 7.75. The monoisotopic (exact) mass is 499 g/mol. The maximum absolute atomic E-state index is 12.9. The van der Waals surface area contributed by atoms with Crippen molar-refractivity contribution in [2.24, 2.45) is 0 Å². The first-order valence-electron chi connectivity index (χ1n) is 8.92. The molecule has 0 spiro atoms. The molecule has 0 aromatic heterocycles. The molecule has 3 rings (SSSR count). The number of allylic oxidation sites excluding steroid dienone is 2. The van der Waals surface area contributed by atoms with Gasteiger partial charge >= 0.3 is 176 Å². The van der Waals surface area contributed by atoms with Crippen LogP contribution in [0.25, 0.3) is 0 Å². The molecule has 0 N–H and O–H groups in total. The van der Waals surface area contributed by atoms with E-state index in [1.54, 1.807) is 0 Å². The summed E-state index contributed by atoms with van der Waals surface area (Å²) in [6.07, 6.45) is 2.01. The topological polar surface area (TPSA) is 43.9 Å². The third-order valence-corrected chi connectivity index (χ3v) is 8.54. The second-order valence-electron chi connectivity index (χ2n) is 6.55. The predicted octanol–water partition coefficient (Wildman–Crippen LogP) is 1.93. The van der Waals surface area contributed by atoms with Crippen molar-refractivity contribution in [3.8, 4) is 0 Å². The van der Waals surface area contributed by atoms with Gasteiger partial charge in [0, 0.05) is 0 Å². The summed E-state index contributed by atoms with van der Waals surface area (Å²) in [4.78, 5) is 31.0. The van der Waals surface area contributed by atoms with Crippen LogP contribution in [0.4, 0.5) is 5.69 Å². The molecule has 5 nitrogen and oxygen atoms in total. The number of anilines is 1. The number of rotatable bonds is 3. The van der Waals surface area contributed by atoms with E-state index in [1.165, 1.54) is 28.4 Å². The number of likely N-dealkylation sites (N-methyl/N-ethyl adjacent to an activating group) is 2. The second-order valence-corrected chi connectivity index (χ2v) is 9.95. The normalized spacial score (nSPS) is 18.7. The molecule has 0 bridgehead atoms. The van der Waals surface area contributed by atoms with E-state index in [9.17, 15) is 9.59 Å². The number of hydrogen-bond donors (Lipinski definition) is 0. The van der Waals surface area contributed by atoms with Crippen LogP contribution < -0.4 is 8.51 Å². The van der Waals surface area contributed by atoms with E-state index in [-0.39, 0.29) is 17.4 Å². The molecule has 0 unspecified atom stereocenters. The minimum absolute atomic E-state index is 0.229. The SMILES string of the molecule is CCN1C(=O)C(=C(C)C=C2[Te]c3ccc(C)cc3N2C)C(=O)N(CC)C1=S. The zero-order valence-electron chi connectivity index (χ0n) is 16.2. The van der Waals surface area contributed by atoms with Crippen molar-refractivity contribution in [3.63, 3.8) is 0 Å². The number of thiocarbonyl (C=S) groups is 1. The van der Waals surface area contributed by atoms with Gasteiger partial charge in [-0.2, -0.15) is 0 Å². The summed E-state index contributed by atoms with van der Waals surface area (Å²) in [7, 11) is 2.05. The van der Waals surface area contributed by atoms with Gasteiger partial charge in [-0.3, -0.25) is 0 Å². The Labute approximate surface area is 175 Å². The summed E-state index contributed by atoms with van der Waals surface area (Å²) >= 11 is 4.78. The zero-order chi connectivity index (χ0) is 19.9. The number of carbonyl (C=O) groups excluding carboxylic acids is 2. The fourth-order valence-electron chi connectivity index (χ4n) is 3.24. The fourth-order valence-corrected chi connectivity index (χ4v) is 6.89. The van der Waals surface area contributed by atoms with E-state index >= 15 is 0 Å². The molecule has 0 aliphatic carbocycles. The predicted molar refractivity (Wildman–Crippen MR) is 113 cm³/mol. The molecule has 1 aromatic rings. The molecule has 0 saturated carbocycles. The van der Waals surface area contributed by atoms with Gasteiger partial charge in [0.15, 0.2) is 0 Å². The van der Waals surface area contributed by atoms with Gasteiger partial charge in [0.2, 0.25) is 0 Å². The number of hydrogen-bond acceptors (Lipinski definition) is 4. The molecule has 2 amide bonds. The van der Waals surface area contributed by atoms with Crippen molar-refractivity contribution in [2.75, 3.05) is 25.0 Å². The molecule has 0 atom stereocenters. The van der Waals surface area contributed by atoms with Crippen molar-refractivity contribution in [1.82, 2.24) is 9.80 Å². The molecular formula is C20H23N3O2STe. The molecule has 1 fully saturated rings. The van der Waals surface area contributed by atoms with Gasteiger partial charge in [0.1, 0.15) is 0 Å². The molecule has 1 saturated heterocycles. The minimum atomic E-state index is -0.549. The zero-order valence-corrected chi connectivity index (χ0v) is 19.3. The standard InChI is InChI=1S/C20H23N3O2STe/c1-6-22-18(24)17(19(25)23(7-2)20(22)26)13(4)11-16-21(5)14-10-12(3)8-9-15(14)27-16/h8-11H,6-7H2,1-5H3. The van der Waals surface area contributed by atoms with Crippen LogP contribution in [-0.2, 0) is 9.59 Å². The van der Waals surface area contributed by atoms with Crippen molar-refractivity contribution in [3.05, 3.63) is 44.7 Å². The van der Waals surface area contributed by atoms with E-state index in [0.29, 0.717) is 23.8 Å². The average molecular weight is 497 g/mol. The van der Waals surface area contributed by atoms with Crippen molar-refractivity contribution >= 4 is 59.4 Å². The molecule has 0 radical (unpaired) electrons. The Kier molecular flexibility index (Phi) is 5.76. The van der Waals surface area contributed by atoms with Gasteiger partial charge in [-0.05, 0) is 0 Å². The molecule has 2 aliphatic rings. The van der Waals surface area contributed by atoms with E-state index in [1.807, 2.05) is 26.8 Å². The van der Waals surface area contributed by atoms with Crippen LogP contribution >= 0.6 is 12.2 Å². The molecule has 27 heavy (non-hydrogen) atoms. The van der Waals surface area contributed by atoms with Gasteiger partial charge in [-0.1, -0.05) is 0 Å². The van der Waals surface area contributed by atoms with Crippen LogP contribution in [0, 0.1) is 6.92 Å². The van der Waals surface area contributed by atoms with E-state index in [2.05, 4.69) is 37.1 Å². The van der Waals surface area contributed by atoms with Crippen LogP contribution in [0.5, 0.6) is 0 Å². The fraction of sp³-hybridized carbons (Fsp3) is 0.350. The van der Waals surface area contributed by atoms with Gasteiger partial charge in [-0.15, -0.1) is 0 Å². The summed E-state index contributed by atoms with van der Waals surface area (Å²) < 4.78 is 2.58. The van der Waals surface area contributed by atoms with E-state index in [4.69, 9.17) is 12.2 Å². The van der Waals surface area contributed by atoms with Gasteiger partial charge < -0.3 is 0 Å². The Hall–Kier alpha value is -1.68. The van der Waals surface area contributed by atoms with Crippen molar-refractivity contribution in [2.45, 2.75) is 27.7 Å². The Bertz CT molecular complexity index is 878. The third-order valence-electron chi connectivity index (χ3n) is 4.77. The van der Waals surface area contributed by atoms with Gasteiger partial charge in [-0.25, -0.2) is 0 Å². The summed E-state index contributed by atoms with van der Waals surface area (Å²) in [5, 5.41) is 0.300. The number of amides is 2. The van der Waals surface area contributed by atoms with Crippen LogP contribution in [-0.4, -0.2) is 67.8 Å².